The van der Waals surface area contributed by atoms with E-state index < -0.39 is 12.6 Å². The van der Waals surface area contributed by atoms with Gasteiger partial charge in [0.1, 0.15) is 11.5 Å². The highest BCUT2D eigenvalue weighted by atomic mass is 16.5. The Morgan fingerprint density at radius 3 is 2.68 bits per heavy atom. The molecule has 28 heavy (non-hydrogen) atoms. The predicted molar refractivity (Wildman–Crippen MR) is 103 cm³/mol. The number of rotatable bonds is 5. The molecule has 0 spiro atoms. The third-order valence-corrected chi connectivity index (χ3v) is 4.90. The number of aryl methyl sites for hydroxylation is 1. The molecule has 4 rings (SSSR count). The highest BCUT2D eigenvalue weighted by molar-refractivity contribution is 6.09. The van der Waals surface area contributed by atoms with Crippen LogP contribution in [0.5, 0.6) is 5.75 Å². The number of nitrogens with zero attached hydrogens (tertiary/aromatic N) is 1. The van der Waals surface area contributed by atoms with Crippen LogP contribution in [0, 0.1) is 0 Å². The van der Waals surface area contributed by atoms with Crippen molar-refractivity contribution >= 4 is 28.3 Å². The van der Waals surface area contributed by atoms with Crippen LogP contribution < -0.4 is 10.1 Å². The minimum Gasteiger partial charge on any atom is -0.481 e. The van der Waals surface area contributed by atoms with E-state index in [1.165, 1.54) is 0 Å². The molecule has 3 aromatic rings. The fraction of sp³-hybridized carbons (Fsp3) is 0.286. The smallest absolute Gasteiger partial charge is 0.341 e. The predicted octanol–water partition coefficient (Wildman–Crippen LogP) is 3.81. The number of carboxylic acid groups (broad SMARTS) is 1. The lowest BCUT2D eigenvalue weighted by Crippen LogP contribution is -2.15. The van der Waals surface area contributed by atoms with Crippen molar-refractivity contribution in [3.05, 3.63) is 53.4 Å². The van der Waals surface area contributed by atoms with Gasteiger partial charge >= 0.3 is 5.97 Å². The minimum atomic E-state index is -1.05. The summed E-state index contributed by atoms with van der Waals surface area (Å²) in [6, 6.07) is 10.7. The van der Waals surface area contributed by atoms with E-state index in [2.05, 4.69) is 10.5 Å². The number of ether oxygens (including phenoxy) is 1. The van der Waals surface area contributed by atoms with E-state index in [4.69, 9.17) is 14.4 Å². The Labute approximate surface area is 161 Å². The van der Waals surface area contributed by atoms with Gasteiger partial charge < -0.3 is 19.7 Å². The lowest BCUT2D eigenvalue weighted by Gasteiger charge is -2.12. The summed E-state index contributed by atoms with van der Waals surface area (Å²) in [5, 5.41) is 17.2. The second-order valence-electron chi connectivity index (χ2n) is 6.79. The molecule has 1 aliphatic carbocycles. The Hall–Kier alpha value is -3.35. The number of carbonyl (C=O) groups excluding carboxylic acids is 1. The molecule has 0 saturated carbocycles. The van der Waals surface area contributed by atoms with Crippen LogP contribution in [0.2, 0.25) is 0 Å². The van der Waals surface area contributed by atoms with Crippen LogP contribution in [0.25, 0.3) is 10.8 Å². The SMILES string of the molecule is O=C(O)COc1ccc(NC(=O)c2noc3c2CCCCC3)c2ccccc12. The summed E-state index contributed by atoms with van der Waals surface area (Å²) in [6.45, 7) is -0.430. The van der Waals surface area contributed by atoms with Gasteiger partial charge in [0.25, 0.3) is 5.91 Å². The Bertz CT molecular complexity index is 1040. The van der Waals surface area contributed by atoms with Crippen LogP contribution in [0.1, 0.15) is 41.1 Å². The van der Waals surface area contributed by atoms with Gasteiger partial charge in [-0.15, -0.1) is 0 Å². The number of amides is 1. The summed E-state index contributed by atoms with van der Waals surface area (Å²) in [4.78, 5) is 23.7. The van der Waals surface area contributed by atoms with Crippen LogP contribution in [-0.2, 0) is 17.6 Å². The molecule has 0 unspecified atom stereocenters. The van der Waals surface area contributed by atoms with E-state index in [0.717, 1.165) is 54.2 Å². The van der Waals surface area contributed by atoms with Gasteiger partial charge in [0.2, 0.25) is 0 Å². The molecule has 1 heterocycles. The minimum absolute atomic E-state index is 0.309. The maximum atomic E-state index is 12.9. The third-order valence-electron chi connectivity index (χ3n) is 4.90. The van der Waals surface area contributed by atoms with Gasteiger partial charge in [0, 0.05) is 28.4 Å². The lowest BCUT2D eigenvalue weighted by atomic mass is 10.1. The number of fused-ring (bicyclic) bond motifs is 2. The van der Waals surface area contributed by atoms with Crippen molar-refractivity contribution in [3.63, 3.8) is 0 Å². The van der Waals surface area contributed by atoms with Crippen molar-refractivity contribution in [1.29, 1.82) is 0 Å². The summed E-state index contributed by atoms with van der Waals surface area (Å²) in [5.41, 5.74) is 1.85. The van der Waals surface area contributed by atoms with Gasteiger partial charge in [-0.25, -0.2) is 4.79 Å². The van der Waals surface area contributed by atoms with Crippen LogP contribution >= 0.6 is 0 Å². The van der Waals surface area contributed by atoms with Gasteiger partial charge in [0.15, 0.2) is 12.3 Å². The average Bonchev–Trinajstić information content (AvgIpc) is 2.96. The number of hydrogen-bond donors (Lipinski definition) is 2. The molecule has 2 aromatic carbocycles. The number of carbonyl (C=O) groups is 2. The molecule has 0 atom stereocenters. The maximum Gasteiger partial charge on any atom is 0.341 e. The summed E-state index contributed by atoms with van der Waals surface area (Å²) < 4.78 is 10.8. The van der Waals surface area contributed by atoms with Gasteiger partial charge in [-0.3, -0.25) is 4.79 Å². The average molecular weight is 380 g/mol. The van der Waals surface area contributed by atoms with Crippen molar-refractivity contribution in [2.24, 2.45) is 0 Å². The Balaban J connectivity index is 1.63. The molecular formula is C21H20N2O5. The first-order valence-electron chi connectivity index (χ1n) is 9.28. The first kappa shape index (κ1) is 18.0. The topological polar surface area (TPSA) is 102 Å². The maximum absolute atomic E-state index is 12.9. The third kappa shape index (κ3) is 3.55. The molecule has 0 saturated heterocycles. The zero-order valence-electron chi connectivity index (χ0n) is 15.2. The second kappa shape index (κ2) is 7.72. The van der Waals surface area contributed by atoms with Gasteiger partial charge in [-0.2, -0.15) is 0 Å². The molecule has 0 bridgehead atoms. The molecule has 0 radical (unpaired) electrons. The monoisotopic (exact) mass is 380 g/mol. The highest BCUT2D eigenvalue weighted by Gasteiger charge is 2.23. The number of aliphatic carboxylic acids is 1. The van der Waals surface area contributed by atoms with E-state index >= 15 is 0 Å². The fourth-order valence-corrected chi connectivity index (χ4v) is 3.57. The van der Waals surface area contributed by atoms with Crippen molar-refractivity contribution in [3.8, 4) is 5.75 Å². The molecular weight excluding hydrogens is 360 g/mol. The molecule has 1 aliphatic rings. The number of nitrogens with one attached hydrogen (secondary N) is 1. The molecule has 144 valence electrons. The molecule has 1 amide bonds. The van der Waals surface area contributed by atoms with Crippen LogP contribution in [-0.4, -0.2) is 28.7 Å². The van der Waals surface area contributed by atoms with E-state index in [-0.39, 0.29) is 5.91 Å². The number of aromatic nitrogens is 1. The molecule has 0 aliphatic heterocycles. The largest absolute Gasteiger partial charge is 0.481 e. The Kier molecular flexibility index (Phi) is 4.97. The highest BCUT2D eigenvalue weighted by Crippen LogP contribution is 2.32. The molecule has 0 fully saturated rings. The van der Waals surface area contributed by atoms with Crippen molar-refractivity contribution in [2.45, 2.75) is 32.1 Å². The number of benzene rings is 2. The van der Waals surface area contributed by atoms with Crippen molar-refractivity contribution in [1.82, 2.24) is 5.16 Å². The normalized spacial score (nSPS) is 13.6. The van der Waals surface area contributed by atoms with Gasteiger partial charge in [0.05, 0.1) is 0 Å². The fourth-order valence-electron chi connectivity index (χ4n) is 3.57. The standard InChI is InChI=1S/C21H20N2O5/c24-19(25)12-27-17-11-10-16(13-6-4-5-7-14(13)17)22-21(26)20-15-8-2-1-3-9-18(15)28-23-20/h4-7,10-11H,1-3,8-9,12H2,(H,22,26)(H,24,25). The first-order valence-corrected chi connectivity index (χ1v) is 9.28. The summed E-state index contributed by atoms with van der Waals surface area (Å²) in [7, 11) is 0. The van der Waals surface area contributed by atoms with E-state index in [1.54, 1.807) is 12.1 Å². The van der Waals surface area contributed by atoms with E-state index in [1.807, 2.05) is 24.3 Å². The van der Waals surface area contributed by atoms with Crippen LogP contribution in [0.4, 0.5) is 5.69 Å². The molecule has 1 aromatic heterocycles. The zero-order valence-corrected chi connectivity index (χ0v) is 15.2. The second-order valence-corrected chi connectivity index (χ2v) is 6.79. The first-order chi connectivity index (χ1) is 13.6. The van der Waals surface area contributed by atoms with E-state index in [9.17, 15) is 9.59 Å². The molecule has 7 nitrogen and oxygen atoms in total. The van der Waals surface area contributed by atoms with Crippen LogP contribution in [0.15, 0.2) is 40.9 Å². The summed E-state index contributed by atoms with van der Waals surface area (Å²) in [6.07, 6.45) is 4.80. The zero-order chi connectivity index (χ0) is 19.5. The summed E-state index contributed by atoms with van der Waals surface area (Å²) in [5.74, 6) is -0.0966. The molecule has 2 N–H and O–H groups in total. The Morgan fingerprint density at radius 2 is 1.86 bits per heavy atom. The molecule has 7 heteroatoms. The van der Waals surface area contributed by atoms with Crippen molar-refractivity contribution < 1.29 is 24.0 Å². The lowest BCUT2D eigenvalue weighted by molar-refractivity contribution is -0.139. The quantitative estimate of drug-likeness (QED) is 0.653. The van der Waals surface area contributed by atoms with E-state index in [0.29, 0.717) is 17.1 Å². The van der Waals surface area contributed by atoms with Crippen molar-refractivity contribution in [2.75, 3.05) is 11.9 Å². The van der Waals surface area contributed by atoms with Gasteiger partial charge in [-0.1, -0.05) is 35.8 Å². The van der Waals surface area contributed by atoms with Crippen LogP contribution in [0.3, 0.4) is 0 Å². The number of anilines is 1. The van der Waals surface area contributed by atoms with Gasteiger partial charge in [-0.05, 0) is 31.4 Å². The Morgan fingerprint density at radius 1 is 1.07 bits per heavy atom. The number of carboxylic acids is 1. The number of hydrogen-bond acceptors (Lipinski definition) is 5. The summed E-state index contributed by atoms with van der Waals surface area (Å²) >= 11 is 0.